The van der Waals surface area contributed by atoms with Crippen LogP contribution in [0.5, 0.6) is 0 Å². The zero-order chi connectivity index (χ0) is 8.15. The second-order valence-corrected chi connectivity index (χ2v) is 3.64. The summed E-state index contributed by atoms with van der Waals surface area (Å²) in [6.45, 7) is 0. The van der Waals surface area contributed by atoms with Crippen molar-refractivity contribution in [2.24, 2.45) is 4.99 Å². The Morgan fingerprint density at radius 1 is 1.60 bits per heavy atom. The topological polar surface area (TPSA) is 53.3 Å². The van der Waals surface area contributed by atoms with Gasteiger partial charge in [0.2, 0.25) is 0 Å². The van der Waals surface area contributed by atoms with Gasteiger partial charge in [0, 0.05) is 0 Å². The molecule has 0 spiro atoms. The van der Waals surface area contributed by atoms with E-state index in [0.29, 0.717) is 6.29 Å². The van der Waals surface area contributed by atoms with Crippen molar-refractivity contribution in [1.82, 2.24) is 0 Å². The molecular weight excluding hydrogens is 284 g/mol. The van der Waals surface area contributed by atoms with Crippen molar-refractivity contribution >= 4 is 64.6 Å². The Morgan fingerprint density at radius 2 is 2.10 bits per heavy atom. The summed E-state index contributed by atoms with van der Waals surface area (Å²) in [6.07, 6.45) is 0.449. The number of carbonyl (C=O) groups is 1. The first kappa shape index (κ1) is 10.1. The number of hydrogen-bond donors (Lipinski definition) is 1. The van der Waals surface area contributed by atoms with Crippen molar-refractivity contribution in [3.63, 3.8) is 0 Å². The number of nitrogens with zero attached hydrogens (tertiary/aromatic N) is 1. The van der Waals surface area contributed by atoms with Gasteiger partial charge in [-0.05, 0) is 44.1 Å². The fourth-order valence-electron chi connectivity index (χ4n) is 0.222. The number of aliphatic imine (C=N–C) groups is 1. The smallest absolute Gasteiger partial charge is 0.171 e. The zero-order valence-electron chi connectivity index (χ0n) is 4.60. The molecule has 0 heterocycles. The molecule has 0 aromatic rings. The second kappa shape index (κ2) is 4.81. The minimum atomic E-state index is -0.0794. The minimum absolute atomic E-state index is 0.0260. The van der Waals surface area contributed by atoms with E-state index in [9.17, 15) is 4.79 Å². The van der Waals surface area contributed by atoms with Crippen LogP contribution in [-0.4, -0.2) is 20.5 Å². The molecule has 0 saturated heterocycles. The monoisotopic (exact) mass is 284 g/mol. The van der Waals surface area contributed by atoms with Gasteiger partial charge in [-0.15, -0.1) is 0 Å². The highest BCUT2D eigenvalue weighted by Gasteiger charge is 2.00. The number of thiocarbonyl (C=S) groups is 1. The maximum atomic E-state index is 10.1. The summed E-state index contributed by atoms with van der Waals surface area (Å²) >= 11 is 10.1. The van der Waals surface area contributed by atoms with E-state index < -0.39 is 0 Å². The minimum Gasteiger partial charge on any atom is -0.296 e. The van der Waals surface area contributed by atoms with Gasteiger partial charge in [0.05, 0.1) is 0 Å². The molecule has 0 atom stereocenters. The second-order valence-electron chi connectivity index (χ2n) is 1.18. The SMILES string of the molecule is N=C(Br)/C(C=O)=N\C(=S)Br. The van der Waals surface area contributed by atoms with E-state index in [2.05, 4.69) is 49.1 Å². The standard InChI is InChI=1S/C4H2Br2N2OS/c5-3(7)2(1-9)8-4(6)10/h1,7H/b7-3?,8-2-. The normalized spacial score (nSPS) is 10.8. The van der Waals surface area contributed by atoms with Gasteiger partial charge in [-0.1, -0.05) is 0 Å². The Kier molecular flexibility index (Phi) is 4.84. The van der Waals surface area contributed by atoms with Crippen LogP contribution in [0, 0.1) is 5.41 Å². The Bertz CT molecular complexity index is 213. The predicted octanol–water partition coefficient (Wildman–Crippen LogP) is 1.68. The Labute approximate surface area is 79.7 Å². The fourth-order valence-corrected chi connectivity index (χ4v) is 0.693. The molecular formula is C4H2Br2N2OS. The van der Waals surface area contributed by atoms with E-state index in [0.717, 1.165) is 0 Å². The number of carbonyl (C=O) groups excluding carboxylic acids is 1. The number of hydrogen-bond acceptors (Lipinski definition) is 3. The summed E-state index contributed by atoms with van der Waals surface area (Å²) < 4.78 is 0.0723. The molecule has 0 aliphatic heterocycles. The molecule has 0 aliphatic carbocycles. The third kappa shape index (κ3) is 3.97. The van der Waals surface area contributed by atoms with Crippen molar-refractivity contribution in [3.05, 3.63) is 0 Å². The van der Waals surface area contributed by atoms with E-state index in [1.54, 1.807) is 0 Å². The molecule has 3 nitrogen and oxygen atoms in total. The summed E-state index contributed by atoms with van der Waals surface area (Å²) in [5.41, 5.74) is -0.0260. The molecule has 0 amide bonds. The van der Waals surface area contributed by atoms with Crippen molar-refractivity contribution in [3.8, 4) is 0 Å². The van der Waals surface area contributed by atoms with E-state index in [-0.39, 0.29) is 14.2 Å². The maximum absolute atomic E-state index is 10.1. The van der Waals surface area contributed by atoms with E-state index in [1.165, 1.54) is 0 Å². The first-order chi connectivity index (χ1) is 4.57. The molecule has 0 aliphatic rings. The molecule has 0 rings (SSSR count). The van der Waals surface area contributed by atoms with Crippen molar-refractivity contribution in [2.45, 2.75) is 0 Å². The number of rotatable bonds is 2. The quantitative estimate of drug-likeness (QED) is 0.276. The van der Waals surface area contributed by atoms with Gasteiger partial charge >= 0.3 is 0 Å². The van der Waals surface area contributed by atoms with Crippen LogP contribution in [0.25, 0.3) is 0 Å². The average molecular weight is 286 g/mol. The first-order valence-corrected chi connectivity index (χ1v) is 4.05. The van der Waals surface area contributed by atoms with Crippen LogP contribution in [0.2, 0.25) is 0 Å². The lowest BCUT2D eigenvalue weighted by atomic mass is 10.4. The molecule has 0 bridgehead atoms. The molecule has 0 saturated carbocycles. The van der Waals surface area contributed by atoms with Crippen LogP contribution in [0.15, 0.2) is 4.99 Å². The van der Waals surface area contributed by atoms with E-state index in [1.807, 2.05) is 0 Å². The van der Waals surface area contributed by atoms with E-state index in [4.69, 9.17) is 5.41 Å². The Morgan fingerprint density at radius 3 is 2.20 bits per heavy atom. The van der Waals surface area contributed by atoms with Gasteiger partial charge in [0.15, 0.2) is 10.2 Å². The highest BCUT2D eigenvalue weighted by Crippen LogP contribution is 1.95. The Balaban J connectivity index is 4.49. The number of aldehydes is 1. The van der Waals surface area contributed by atoms with E-state index >= 15 is 0 Å². The molecule has 0 unspecified atom stereocenters. The van der Waals surface area contributed by atoms with Crippen molar-refractivity contribution < 1.29 is 4.79 Å². The number of nitrogens with one attached hydrogen (secondary N) is 1. The molecule has 0 aromatic heterocycles. The summed E-state index contributed by atoms with van der Waals surface area (Å²) in [5, 5.41) is 6.92. The van der Waals surface area contributed by atoms with Gasteiger partial charge in [-0.25, -0.2) is 4.99 Å². The molecule has 54 valence electrons. The third-order valence-corrected chi connectivity index (χ3v) is 1.22. The summed E-state index contributed by atoms with van der Waals surface area (Å²) in [5.74, 6) is 0. The lowest BCUT2D eigenvalue weighted by molar-refractivity contribution is -0.102. The van der Waals surface area contributed by atoms with Crippen LogP contribution in [0.3, 0.4) is 0 Å². The summed E-state index contributed by atoms with van der Waals surface area (Å²) in [6, 6.07) is 0. The molecule has 0 radical (unpaired) electrons. The first-order valence-electron chi connectivity index (χ1n) is 2.05. The van der Waals surface area contributed by atoms with Crippen LogP contribution in [0.4, 0.5) is 0 Å². The highest BCUT2D eigenvalue weighted by atomic mass is 79.9. The van der Waals surface area contributed by atoms with Crippen molar-refractivity contribution in [2.75, 3.05) is 0 Å². The van der Waals surface area contributed by atoms with Gasteiger partial charge in [-0.2, -0.15) is 0 Å². The van der Waals surface area contributed by atoms with Gasteiger partial charge < -0.3 is 0 Å². The van der Waals surface area contributed by atoms with Gasteiger partial charge in [0.25, 0.3) is 0 Å². The highest BCUT2D eigenvalue weighted by molar-refractivity contribution is 9.20. The van der Waals surface area contributed by atoms with Gasteiger partial charge in [0.1, 0.15) is 10.3 Å². The predicted molar refractivity (Wildman–Crippen MR) is 51.7 cm³/mol. The fraction of sp³-hybridized carbons (Fsp3) is 0. The van der Waals surface area contributed by atoms with Crippen LogP contribution in [0.1, 0.15) is 0 Å². The number of halogens is 2. The largest absolute Gasteiger partial charge is 0.296 e. The van der Waals surface area contributed by atoms with Crippen LogP contribution < -0.4 is 0 Å². The molecule has 0 aromatic carbocycles. The zero-order valence-corrected chi connectivity index (χ0v) is 8.59. The molecule has 0 fully saturated rings. The summed E-state index contributed by atoms with van der Waals surface area (Å²) in [7, 11) is 0. The lowest BCUT2D eigenvalue weighted by Crippen LogP contribution is -2.08. The summed E-state index contributed by atoms with van der Waals surface area (Å²) in [4.78, 5) is 13.6. The van der Waals surface area contributed by atoms with Crippen LogP contribution >= 0.6 is 44.1 Å². The van der Waals surface area contributed by atoms with Crippen molar-refractivity contribution in [1.29, 1.82) is 5.41 Å². The Hall–Kier alpha value is 0.0600. The molecule has 10 heavy (non-hydrogen) atoms. The third-order valence-electron chi connectivity index (χ3n) is 0.545. The molecule has 6 heteroatoms. The lowest BCUT2D eigenvalue weighted by Gasteiger charge is -1.88. The van der Waals surface area contributed by atoms with Crippen LogP contribution in [-0.2, 0) is 4.79 Å². The average Bonchev–Trinajstić information content (AvgIpc) is 1.81. The maximum Gasteiger partial charge on any atom is 0.171 e. The van der Waals surface area contributed by atoms with Gasteiger partial charge in [-0.3, -0.25) is 10.2 Å². The molecule has 1 N–H and O–H groups in total.